The van der Waals surface area contributed by atoms with Crippen LogP contribution in [0.5, 0.6) is 0 Å². The Morgan fingerprint density at radius 1 is 1.62 bits per heavy atom. The first-order valence-electron chi connectivity index (χ1n) is 3.74. The summed E-state index contributed by atoms with van der Waals surface area (Å²) in [5, 5.41) is 13.2. The molecule has 1 aromatic heterocycles. The lowest BCUT2D eigenvalue weighted by atomic mass is 10.3. The molecule has 1 heterocycles. The molecule has 1 aromatic rings. The van der Waals surface area contributed by atoms with Crippen LogP contribution in [0.1, 0.15) is 4.88 Å². The molecular formula is C8H12ClNO2S. The summed E-state index contributed by atoms with van der Waals surface area (Å²) in [5.41, 5.74) is 0. The van der Waals surface area contributed by atoms with Crippen molar-refractivity contribution in [3.05, 3.63) is 22.4 Å². The summed E-state index contributed by atoms with van der Waals surface area (Å²) in [5.74, 6) is -0.804. The second-order valence-corrected chi connectivity index (χ2v) is 3.43. The highest BCUT2D eigenvalue weighted by Gasteiger charge is 1.95. The van der Waals surface area contributed by atoms with E-state index in [-0.39, 0.29) is 19.0 Å². The maximum Gasteiger partial charge on any atom is 0.317 e. The maximum absolute atomic E-state index is 10.1. The standard InChI is InChI=1S/C8H11NO2S.ClH/c10-8(11)6-9-4-3-7-2-1-5-12-7;/h1-2,5,9H,3-4,6H2,(H,10,11);1H. The van der Waals surface area contributed by atoms with Gasteiger partial charge in [0.15, 0.2) is 0 Å². The van der Waals surface area contributed by atoms with Crippen LogP contribution in [0, 0.1) is 0 Å². The Labute approximate surface area is 87.2 Å². The molecule has 0 aromatic carbocycles. The van der Waals surface area contributed by atoms with Gasteiger partial charge in [-0.3, -0.25) is 4.79 Å². The minimum absolute atomic E-state index is 0. The molecule has 0 atom stereocenters. The van der Waals surface area contributed by atoms with Crippen molar-refractivity contribution in [3.63, 3.8) is 0 Å². The van der Waals surface area contributed by atoms with Gasteiger partial charge < -0.3 is 10.4 Å². The van der Waals surface area contributed by atoms with Crippen LogP contribution in [-0.4, -0.2) is 24.2 Å². The van der Waals surface area contributed by atoms with Gasteiger partial charge in [-0.25, -0.2) is 0 Å². The van der Waals surface area contributed by atoms with Gasteiger partial charge in [-0.1, -0.05) is 6.07 Å². The Hall–Kier alpha value is -0.580. The number of aliphatic carboxylic acids is 1. The first-order chi connectivity index (χ1) is 5.79. The van der Waals surface area contributed by atoms with Gasteiger partial charge in [-0.2, -0.15) is 0 Å². The first kappa shape index (κ1) is 12.4. The molecule has 2 N–H and O–H groups in total. The number of hydrogen-bond donors (Lipinski definition) is 2. The Morgan fingerprint density at radius 2 is 2.38 bits per heavy atom. The highest BCUT2D eigenvalue weighted by molar-refractivity contribution is 7.09. The van der Waals surface area contributed by atoms with Crippen LogP contribution in [0.15, 0.2) is 17.5 Å². The molecule has 0 amide bonds. The minimum atomic E-state index is -0.804. The molecule has 0 radical (unpaired) electrons. The third-order valence-corrected chi connectivity index (χ3v) is 2.34. The smallest absolute Gasteiger partial charge is 0.317 e. The number of nitrogens with one attached hydrogen (secondary N) is 1. The lowest BCUT2D eigenvalue weighted by Gasteiger charge is -1.98. The summed E-state index contributed by atoms with van der Waals surface area (Å²) >= 11 is 1.69. The lowest BCUT2D eigenvalue weighted by molar-refractivity contribution is -0.135. The van der Waals surface area contributed by atoms with Gasteiger partial charge in [0.2, 0.25) is 0 Å². The van der Waals surface area contributed by atoms with Crippen LogP contribution in [0.25, 0.3) is 0 Å². The van der Waals surface area contributed by atoms with E-state index in [1.54, 1.807) is 11.3 Å². The Balaban J connectivity index is 0.00000144. The van der Waals surface area contributed by atoms with E-state index in [4.69, 9.17) is 5.11 Å². The highest BCUT2D eigenvalue weighted by Crippen LogP contribution is 2.07. The molecule has 3 nitrogen and oxygen atoms in total. The van der Waals surface area contributed by atoms with E-state index in [0.29, 0.717) is 0 Å². The Kier molecular flexibility index (Phi) is 6.58. The van der Waals surface area contributed by atoms with Crippen molar-refractivity contribution in [2.24, 2.45) is 0 Å². The second kappa shape index (κ2) is 6.88. The lowest BCUT2D eigenvalue weighted by Crippen LogP contribution is -2.24. The number of carbonyl (C=O) groups is 1. The molecule has 0 aliphatic carbocycles. The van der Waals surface area contributed by atoms with Gasteiger partial charge >= 0.3 is 5.97 Å². The third-order valence-electron chi connectivity index (χ3n) is 1.40. The monoisotopic (exact) mass is 221 g/mol. The van der Waals surface area contributed by atoms with E-state index >= 15 is 0 Å². The van der Waals surface area contributed by atoms with Crippen LogP contribution in [-0.2, 0) is 11.2 Å². The third kappa shape index (κ3) is 5.63. The molecule has 0 spiro atoms. The predicted octanol–water partition coefficient (Wildman–Crippen LogP) is 1.39. The van der Waals surface area contributed by atoms with Gasteiger partial charge in [0.05, 0.1) is 6.54 Å². The summed E-state index contributed by atoms with van der Waals surface area (Å²) in [6, 6.07) is 4.05. The predicted molar refractivity (Wildman–Crippen MR) is 55.8 cm³/mol. The molecule has 0 aliphatic heterocycles. The number of carboxylic acids is 1. The molecule has 0 aliphatic rings. The zero-order valence-electron chi connectivity index (χ0n) is 7.03. The average molecular weight is 222 g/mol. The maximum atomic E-state index is 10.1. The van der Waals surface area contributed by atoms with Crippen molar-refractivity contribution in [1.29, 1.82) is 0 Å². The highest BCUT2D eigenvalue weighted by atomic mass is 35.5. The topological polar surface area (TPSA) is 49.3 Å². The number of hydrogen-bond acceptors (Lipinski definition) is 3. The van der Waals surface area contributed by atoms with E-state index in [0.717, 1.165) is 13.0 Å². The van der Waals surface area contributed by atoms with E-state index in [9.17, 15) is 4.79 Å². The molecule has 1 rings (SSSR count). The Morgan fingerprint density at radius 3 is 2.92 bits per heavy atom. The van der Waals surface area contributed by atoms with E-state index < -0.39 is 5.97 Å². The molecule has 0 saturated heterocycles. The fourth-order valence-corrected chi connectivity index (χ4v) is 1.57. The summed E-state index contributed by atoms with van der Waals surface area (Å²) in [6.07, 6.45) is 0.908. The minimum Gasteiger partial charge on any atom is -0.480 e. The van der Waals surface area contributed by atoms with Gasteiger partial charge in [0, 0.05) is 11.4 Å². The van der Waals surface area contributed by atoms with Crippen molar-refractivity contribution < 1.29 is 9.90 Å². The largest absolute Gasteiger partial charge is 0.480 e. The van der Waals surface area contributed by atoms with Crippen molar-refractivity contribution in [2.75, 3.05) is 13.1 Å². The first-order valence-corrected chi connectivity index (χ1v) is 4.62. The zero-order valence-corrected chi connectivity index (χ0v) is 8.66. The zero-order chi connectivity index (χ0) is 8.81. The number of rotatable bonds is 5. The van der Waals surface area contributed by atoms with Crippen LogP contribution in [0.2, 0.25) is 0 Å². The van der Waals surface area contributed by atoms with Crippen molar-refractivity contribution in [1.82, 2.24) is 5.32 Å². The summed E-state index contributed by atoms with van der Waals surface area (Å²) in [6.45, 7) is 0.776. The molecule has 0 bridgehead atoms. The molecule has 5 heteroatoms. The van der Waals surface area contributed by atoms with Crippen LogP contribution in [0.3, 0.4) is 0 Å². The average Bonchev–Trinajstić information content (AvgIpc) is 2.49. The molecule has 0 fully saturated rings. The quantitative estimate of drug-likeness (QED) is 0.739. The Bertz CT molecular complexity index is 238. The molecular weight excluding hydrogens is 210 g/mol. The van der Waals surface area contributed by atoms with Gasteiger partial charge in [0.25, 0.3) is 0 Å². The van der Waals surface area contributed by atoms with Crippen molar-refractivity contribution in [2.45, 2.75) is 6.42 Å². The molecule has 0 saturated carbocycles. The molecule has 74 valence electrons. The summed E-state index contributed by atoms with van der Waals surface area (Å²) < 4.78 is 0. The van der Waals surface area contributed by atoms with Crippen molar-refractivity contribution >= 4 is 29.7 Å². The molecule has 0 unspecified atom stereocenters. The fraction of sp³-hybridized carbons (Fsp3) is 0.375. The normalized spacial score (nSPS) is 9.23. The van der Waals surface area contributed by atoms with Crippen LogP contribution in [0.4, 0.5) is 0 Å². The van der Waals surface area contributed by atoms with E-state index in [1.165, 1.54) is 4.88 Å². The van der Waals surface area contributed by atoms with Gasteiger partial charge in [0.1, 0.15) is 0 Å². The number of halogens is 1. The van der Waals surface area contributed by atoms with Crippen LogP contribution >= 0.6 is 23.7 Å². The van der Waals surface area contributed by atoms with E-state index in [2.05, 4.69) is 5.32 Å². The van der Waals surface area contributed by atoms with Crippen LogP contribution < -0.4 is 5.32 Å². The molecule has 13 heavy (non-hydrogen) atoms. The fourth-order valence-electron chi connectivity index (χ4n) is 0.862. The van der Waals surface area contributed by atoms with Gasteiger partial charge in [-0.05, 0) is 17.9 Å². The van der Waals surface area contributed by atoms with E-state index in [1.807, 2.05) is 17.5 Å². The van der Waals surface area contributed by atoms with Gasteiger partial charge in [-0.15, -0.1) is 23.7 Å². The SMILES string of the molecule is Cl.O=C(O)CNCCc1cccs1. The number of carboxylic acid groups (broad SMARTS) is 1. The summed E-state index contributed by atoms with van der Waals surface area (Å²) in [4.78, 5) is 11.4. The summed E-state index contributed by atoms with van der Waals surface area (Å²) in [7, 11) is 0. The van der Waals surface area contributed by atoms with Crippen molar-refractivity contribution in [3.8, 4) is 0 Å². The second-order valence-electron chi connectivity index (χ2n) is 2.40. The number of thiophene rings is 1.